The Labute approximate surface area is 152 Å². The summed E-state index contributed by atoms with van der Waals surface area (Å²) in [4.78, 5) is 36.0. The fraction of sp³-hybridized carbons (Fsp3) is 0.385. The lowest BCUT2D eigenvalue weighted by Gasteiger charge is -2.08. The Hall–Kier alpha value is -2.67. The molecule has 0 bridgehead atoms. The number of hydrogen-bond donors (Lipinski definition) is 1. The van der Waals surface area contributed by atoms with Crippen LogP contribution < -0.4 is 15.1 Å². The summed E-state index contributed by atoms with van der Waals surface area (Å²) in [6.07, 6.45) is 0. The minimum Gasteiger partial charge on any atom is -0.467 e. The maximum absolute atomic E-state index is 12.6. The van der Waals surface area contributed by atoms with E-state index in [-0.39, 0.29) is 28.0 Å². The van der Waals surface area contributed by atoms with E-state index in [0.29, 0.717) is 4.68 Å². The van der Waals surface area contributed by atoms with Crippen molar-refractivity contribution in [2.45, 2.75) is 18.7 Å². The number of carbonyl (C=O) groups is 2. The lowest BCUT2D eigenvalue weighted by atomic mass is 10.3. The Morgan fingerprint density at radius 2 is 2.04 bits per heavy atom. The molecule has 0 aliphatic carbocycles. The zero-order valence-corrected chi connectivity index (χ0v) is 15.9. The summed E-state index contributed by atoms with van der Waals surface area (Å²) in [5.74, 6) is -0.832. The molecule has 1 amide bonds. The van der Waals surface area contributed by atoms with E-state index >= 15 is 0 Å². The number of esters is 1. The number of aryl methyl sites for hydroxylation is 1. The van der Waals surface area contributed by atoms with Gasteiger partial charge >= 0.3 is 23.7 Å². The second kappa shape index (κ2) is 7.29. The van der Waals surface area contributed by atoms with Gasteiger partial charge < -0.3 is 9.47 Å². The Bertz CT molecular complexity index is 1020. The first kappa shape index (κ1) is 19.7. The summed E-state index contributed by atoms with van der Waals surface area (Å²) < 4.78 is 37.7. The zero-order valence-electron chi connectivity index (χ0n) is 14.3. The molecule has 0 aliphatic heterocycles. The van der Waals surface area contributed by atoms with E-state index in [2.05, 4.69) is 5.10 Å². The van der Waals surface area contributed by atoms with Crippen molar-refractivity contribution in [1.29, 1.82) is 0 Å². The van der Waals surface area contributed by atoms with Gasteiger partial charge in [0.2, 0.25) is 0 Å². The van der Waals surface area contributed by atoms with Crippen LogP contribution in [0.2, 0.25) is 0 Å². The van der Waals surface area contributed by atoms with Gasteiger partial charge in [0.05, 0.1) is 19.3 Å². The number of thiophene rings is 1. The monoisotopic (exact) mass is 404 g/mol. The molecule has 0 saturated carbocycles. The molecule has 0 aliphatic rings. The maximum Gasteiger partial charge on any atom is 0.360 e. The Kier molecular flexibility index (Phi) is 5.51. The predicted molar refractivity (Wildman–Crippen MR) is 90.1 cm³/mol. The molecule has 0 atom stereocenters. The van der Waals surface area contributed by atoms with E-state index < -0.39 is 27.7 Å². The highest BCUT2D eigenvalue weighted by Crippen LogP contribution is 2.27. The van der Waals surface area contributed by atoms with Crippen molar-refractivity contribution in [3.05, 3.63) is 26.3 Å². The molecule has 0 saturated heterocycles. The molecule has 1 N–H and O–H groups in total. The third-order valence-corrected chi connectivity index (χ3v) is 5.77. The second-order valence-corrected chi connectivity index (χ2v) is 7.61. The summed E-state index contributed by atoms with van der Waals surface area (Å²) in [6.45, 7) is 3.11. The van der Waals surface area contributed by atoms with Gasteiger partial charge in [-0.2, -0.15) is 0 Å². The number of ether oxygens (including phenoxy) is 2. The van der Waals surface area contributed by atoms with Crippen LogP contribution in [-0.4, -0.2) is 48.5 Å². The van der Waals surface area contributed by atoms with E-state index in [1.807, 2.05) is 0 Å². The van der Waals surface area contributed by atoms with Crippen LogP contribution in [0.5, 0.6) is 6.01 Å². The van der Waals surface area contributed by atoms with Crippen molar-refractivity contribution in [2.24, 2.45) is 7.05 Å². The fourth-order valence-corrected chi connectivity index (χ4v) is 4.57. The van der Waals surface area contributed by atoms with Crippen molar-refractivity contribution in [3.8, 4) is 6.01 Å². The largest absolute Gasteiger partial charge is 0.467 e. The SMILES string of the molecule is CCOC(=O)c1csc(C)c1S(=O)(=O)NC(=O)n1nc(OC)n(C)c1=O. The molecule has 26 heavy (non-hydrogen) atoms. The van der Waals surface area contributed by atoms with Crippen LogP contribution in [0, 0.1) is 6.92 Å². The molecule has 11 nitrogen and oxygen atoms in total. The summed E-state index contributed by atoms with van der Waals surface area (Å²) in [5.41, 5.74) is -1.09. The third-order valence-electron chi connectivity index (χ3n) is 3.22. The van der Waals surface area contributed by atoms with Gasteiger partial charge in [0.1, 0.15) is 4.90 Å². The Morgan fingerprint density at radius 3 is 2.58 bits per heavy atom. The topological polar surface area (TPSA) is 139 Å². The molecule has 13 heteroatoms. The fourth-order valence-electron chi connectivity index (χ4n) is 2.07. The number of sulfonamides is 1. The number of aromatic nitrogens is 3. The highest BCUT2D eigenvalue weighted by molar-refractivity contribution is 7.90. The van der Waals surface area contributed by atoms with E-state index in [0.717, 1.165) is 15.9 Å². The lowest BCUT2D eigenvalue weighted by Crippen LogP contribution is -2.40. The highest BCUT2D eigenvalue weighted by Gasteiger charge is 2.30. The summed E-state index contributed by atoms with van der Waals surface area (Å²) in [7, 11) is -1.92. The lowest BCUT2D eigenvalue weighted by molar-refractivity contribution is 0.0522. The molecular formula is C13H16N4O7S2. The second-order valence-electron chi connectivity index (χ2n) is 4.91. The number of hydrogen-bond acceptors (Lipinski definition) is 9. The average Bonchev–Trinajstić information content (AvgIpc) is 3.09. The molecule has 0 aromatic carbocycles. The standard InChI is InChI=1S/C13H16N4O7S2/c1-5-24-10(18)8-6-25-7(2)9(8)26(21,22)15-11(19)17-13(20)16(3)12(14-17)23-4/h6H,5H2,1-4H3,(H,15,19). The molecule has 0 radical (unpaired) electrons. The van der Waals surface area contributed by atoms with Crippen LogP contribution in [0.15, 0.2) is 15.1 Å². The van der Waals surface area contributed by atoms with Crippen LogP contribution in [0.4, 0.5) is 4.79 Å². The average molecular weight is 404 g/mol. The van der Waals surface area contributed by atoms with E-state index in [9.17, 15) is 22.8 Å². The van der Waals surface area contributed by atoms with Crippen LogP contribution in [-0.2, 0) is 21.8 Å². The van der Waals surface area contributed by atoms with Crippen molar-refractivity contribution in [1.82, 2.24) is 19.1 Å². The van der Waals surface area contributed by atoms with Crippen molar-refractivity contribution in [3.63, 3.8) is 0 Å². The number of nitrogens with zero attached hydrogens (tertiary/aromatic N) is 3. The normalized spacial score (nSPS) is 11.2. The molecule has 0 spiro atoms. The van der Waals surface area contributed by atoms with E-state index in [1.165, 1.54) is 26.5 Å². The first-order chi connectivity index (χ1) is 12.1. The van der Waals surface area contributed by atoms with Gasteiger partial charge in [-0.25, -0.2) is 32.1 Å². The number of methoxy groups -OCH3 is 1. The van der Waals surface area contributed by atoms with Gasteiger partial charge in [-0.3, -0.25) is 0 Å². The Balaban J connectivity index is 2.41. The van der Waals surface area contributed by atoms with Gasteiger partial charge in [-0.05, 0) is 13.8 Å². The molecule has 0 unspecified atom stereocenters. The highest BCUT2D eigenvalue weighted by atomic mass is 32.2. The van der Waals surface area contributed by atoms with Gasteiger partial charge in [-0.15, -0.1) is 21.1 Å². The minimum atomic E-state index is -4.46. The maximum atomic E-state index is 12.6. The summed E-state index contributed by atoms with van der Waals surface area (Å²) in [5, 5.41) is 4.90. The third kappa shape index (κ3) is 3.48. The number of nitrogens with one attached hydrogen (secondary N) is 1. The van der Waals surface area contributed by atoms with Crippen LogP contribution in [0.3, 0.4) is 0 Å². The first-order valence-electron chi connectivity index (χ1n) is 7.16. The zero-order chi connectivity index (χ0) is 19.6. The molecule has 142 valence electrons. The molecule has 2 rings (SSSR count). The van der Waals surface area contributed by atoms with Gasteiger partial charge in [-0.1, -0.05) is 0 Å². The van der Waals surface area contributed by atoms with Crippen LogP contribution in [0.1, 0.15) is 22.2 Å². The molecular weight excluding hydrogens is 388 g/mol. The molecule has 2 heterocycles. The molecule has 2 aromatic heterocycles. The van der Waals surface area contributed by atoms with Crippen molar-refractivity contribution >= 4 is 33.4 Å². The van der Waals surface area contributed by atoms with E-state index in [4.69, 9.17) is 9.47 Å². The van der Waals surface area contributed by atoms with E-state index in [1.54, 1.807) is 11.6 Å². The smallest absolute Gasteiger partial charge is 0.360 e. The van der Waals surface area contributed by atoms with Gasteiger partial charge in [0, 0.05) is 17.3 Å². The van der Waals surface area contributed by atoms with Crippen molar-refractivity contribution in [2.75, 3.05) is 13.7 Å². The summed E-state index contributed by atoms with van der Waals surface area (Å²) >= 11 is 1.01. The summed E-state index contributed by atoms with van der Waals surface area (Å²) in [6, 6.07) is -1.49. The number of amides is 1. The predicted octanol–water partition coefficient (Wildman–Crippen LogP) is 0.0836. The minimum absolute atomic E-state index is 0.0582. The van der Waals surface area contributed by atoms with Gasteiger partial charge in [0.25, 0.3) is 10.0 Å². The first-order valence-corrected chi connectivity index (χ1v) is 9.52. The number of rotatable bonds is 5. The quantitative estimate of drug-likeness (QED) is 0.692. The number of carbonyl (C=O) groups excluding carboxylic acids is 2. The van der Waals surface area contributed by atoms with Crippen LogP contribution >= 0.6 is 11.3 Å². The molecule has 2 aromatic rings. The Morgan fingerprint density at radius 1 is 1.38 bits per heavy atom. The van der Waals surface area contributed by atoms with Gasteiger partial charge in [0.15, 0.2) is 0 Å². The molecule has 0 fully saturated rings. The van der Waals surface area contributed by atoms with Crippen molar-refractivity contribution < 1.29 is 27.5 Å². The van der Waals surface area contributed by atoms with Crippen LogP contribution in [0.25, 0.3) is 0 Å².